The zero-order valence-electron chi connectivity index (χ0n) is 12.8. The highest BCUT2D eigenvalue weighted by Gasteiger charge is 2.21. The first-order chi connectivity index (χ1) is 10.3. The quantitative estimate of drug-likeness (QED) is 0.244. The molecule has 0 atom stereocenters. The van der Waals surface area contributed by atoms with Gasteiger partial charge in [-0.3, -0.25) is 0 Å². The average molecular weight is 299 g/mol. The van der Waals surface area contributed by atoms with Crippen LogP contribution in [0.2, 0.25) is 0 Å². The zero-order chi connectivity index (χ0) is 14.9. The standard InChI is InChI=1S/C19H25NS/c1-2-3-4-5-6-16-7-9-17(10-8-16)18-11-13-19(14-12-18)20-15-21/h2,11-14,16-17H,1,3-10H2/t16-,17-. The summed E-state index contributed by atoms with van der Waals surface area (Å²) < 4.78 is 0. The molecule has 112 valence electrons. The van der Waals surface area contributed by atoms with Gasteiger partial charge in [0.1, 0.15) is 0 Å². The van der Waals surface area contributed by atoms with E-state index in [1.165, 1.54) is 56.9 Å². The Hall–Kier alpha value is -1.24. The number of hydrogen-bond acceptors (Lipinski definition) is 2. The Bertz CT molecular complexity index is 477. The van der Waals surface area contributed by atoms with Gasteiger partial charge in [0.2, 0.25) is 0 Å². The number of hydrogen-bond donors (Lipinski definition) is 0. The third kappa shape index (κ3) is 5.22. The van der Waals surface area contributed by atoms with Gasteiger partial charge in [-0.2, -0.15) is 4.99 Å². The fourth-order valence-corrected chi connectivity index (χ4v) is 3.49. The van der Waals surface area contributed by atoms with E-state index in [9.17, 15) is 0 Å². The van der Waals surface area contributed by atoms with Gasteiger partial charge in [-0.25, -0.2) is 0 Å². The third-order valence-electron chi connectivity index (χ3n) is 4.66. The summed E-state index contributed by atoms with van der Waals surface area (Å²) in [5, 5.41) is 2.42. The molecule has 1 aromatic carbocycles. The average Bonchev–Trinajstić information content (AvgIpc) is 2.53. The van der Waals surface area contributed by atoms with Crippen molar-refractivity contribution in [3.63, 3.8) is 0 Å². The minimum Gasteiger partial charge on any atom is -0.195 e. The molecule has 0 unspecified atom stereocenters. The summed E-state index contributed by atoms with van der Waals surface area (Å²) in [5.41, 5.74) is 2.37. The molecule has 1 nitrogen and oxygen atoms in total. The summed E-state index contributed by atoms with van der Waals surface area (Å²) in [5.74, 6) is 1.68. The molecule has 1 saturated carbocycles. The molecule has 1 aromatic rings. The molecular formula is C19H25NS. The molecule has 1 aliphatic rings. The molecule has 0 radical (unpaired) electrons. The van der Waals surface area contributed by atoms with Crippen molar-refractivity contribution < 1.29 is 0 Å². The molecule has 0 spiro atoms. The number of unbranched alkanes of at least 4 members (excludes halogenated alkanes) is 2. The number of benzene rings is 1. The van der Waals surface area contributed by atoms with Crippen molar-refractivity contribution in [2.24, 2.45) is 10.9 Å². The summed E-state index contributed by atoms with van der Waals surface area (Å²) in [6, 6.07) is 8.52. The summed E-state index contributed by atoms with van der Waals surface area (Å²) in [6.07, 6.45) is 12.7. The molecule has 0 aliphatic heterocycles. The molecule has 2 rings (SSSR count). The van der Waals surface area contributed by atoms with Crippen molar-refractivity contribution in [1.29, 1.82) is 0 Å². The molecule has 0 bridgehead atoms. The van der Waals surface area contributed by atoms with E-state index in [1.54, 1.807) is 0 Å². The van der Waals surface area contributed by atoms with Crippen molar-refractivity contribution in [3.8, 4) is 0 Å². The Morgan fingerprint density at radius 2 is 1.86 bits per heavy atom. The number of nitrogens with zero attached hydrogens (tertiary/aromatic N) is 1. The largest absolute Gasteiger partial charge is 0.195 e. The van der Waals surface area contributed by atoms with Crippen LogP contribution >= 0.6 is 12.2 Å². The lowest BCUT2D eigenvalue weighted by molar-refractivity contribution is 0.303. The van der Waals surface area contributed by atoms with E-state index < -0.39 is 0 Å². The van der Waals surface area contributed by atoms with Crippen LogP contribution in [0.15, 0.2) is 41.9 Å². The molecular weight excluding hydrogens is 274 g/mol. The highest BCUT2D eigenvalue weighted by molar-refractivity contribution is 7.78. The number of aliphatic imine (C=N–C) groups is 1. The predicted molar refractivity (Wildman–Crippen MR) is 94.5 cm³/mol. The minimum atomic E-state index is 0.736. The molecule has 0 N–H and O–H groups in total. The van der Waals surface area contributed by atoms with Gasteiger partial charge >= 0.3 is 0 Å². The van der Waals surface area contributed by atoms with Gasteiger partial charge in [0, 0.05) is 0 Å². The van der Waals surface area contributed by atoms with E-state index in [2.05, 4.69) is 53.2 Å². The molecule has 0 saturated heterocycles. The van der Waals surface area contributed by atoms with Crippen molar-refractivity contribution in [2.75, 3.05) is 0 Å². The van der Waals surface area contributed by atoms with E-state index in [-0.39, 0.29) is 0 Å². The number of rotatable bonds is 7. The fourth-order valence-electron chi connectivity index (χ4n) is 3.38. The second-order valence-corrected chi connectivity index (χ2v) is 6.27. The highest BCUT2D eigenvalue weighted by atomic mass is 32.1. The topological polar surface area (TPSA) is 12.4 Å². The van der Waals surface area contributed by atoms with Gasteiger partial charge in [-0.05, 0) is 80.3 Å². The Morgan fingerprint density at radius 1 is 1.14 bits per heavy atom. The van der Waals surface area contributed by atoms with E-state index in [0.29, 0.717) is 0 Å². The van der Waals surface area contributed by atoms with E-state index >= 15 is 0 Å². The maximum atomic E-state index is 4.63. The van der Waals surface area contributed by atoms with Gasteiger partial charge in [0.25, 0.3) is 0 Å². The van der Waals surface area contributed by atoms with Crippen LogP contribution in [0.5, 0.6) is 0 Å². The number of allylic oxidation sites excluding steroid dienone is 1. The summed E-state index contributed by atoms with van der Waals surface area (Å²) in [7, 11) is 0. The third-order valence-corrected chi connectivity index (χ3v) is 4.75. The zero-order valence-corrected chi connectivity index (χ0v) is 13.6. The summed E-state index contributed by atoms with van der Waals surface area (Å²) in [6.45, 7) is 3.79. The first-order valence-corrected chi connectivity index (χ1v) is 8.53. The molecule has 0 amide bonds. The Balaban J connectivity index is 1.77. The normalized spacial score (nSPS) is 21.5. The lowest BCUT2D eigenvalue weighted by Gasteiger charge is -2.28. The van der Waals surface area contributed by atoms with Crippen LogP contribution in [-0.2, 0) is 0 Å². The molecule has 1 fully saturated rings. The van der Waals surface area contributed by atoms with Crippen molar-refractivity contribution in [2.45, 2.75) is 57.3 Å². The summed E-state index contributed by atoms with van der Waals surface area (Å²) >= 11 is 4.63. The molecule has 2 heteroatoms. The van der Waals surface area contributed by atoms with Crippen molar-refractivity contribution >= 4 is 23.1 Å². The van der Waals surface area contributed by atoms with Gasteiger partial charge in [-0.1, -0.05) is 31.1 Å². The van der Waals surface area contributed by atoms with Crippen LogP contribution in [0.25, 0.3) is 0 Å². The van der Waals surface area contributed by atoms with Crippen LogP contribution < -0.4 is 0 Å². The lowest BCUT2D eigenvalue weighted by Crippen LogP contribution is -2.13. The Labute approximate surface area is 134 Å². The molecule has 21 heavy (non-hydrogen) atoms. The first kappa shape index (κ1) is 16.1. The van der Waals surface area contributed by atoms with Crippen LogP contribution in [-0.4, -0.2) is 5.16 Å². The Morgan fingerprint density at radius 3 is 2.48 bits per heavy atom. The second-order valence-electron chi connectivity index (χ2n) is 6.09. The minimum absolute atomic E-state index is 0.736. The number of isothiocyanates is 1. The highest BCUT2D eigenvalue weighted by Crippen LogP contribution is 2.38. The molecule has 1 aliphatic carbocycles. The van der Waals surface area contributed by atoms with Gasteiger partial charge in [-0.15, -0.1) is 6.58 Å². The lowest BCUT2D eigenvalue weighted by atomic mass is 9.77. The van der Waals surface area contributed by atoms with Gasteiger partial charge in [0.15, 0.2) is 0 Å². The van der Waals surface area contributed by atoms with Crippen LogP contribution in [0.4, 0.5) is 5.69 Å². The van der Waals surface area contributed by atoms with Crippen LogP contribution in [0, 0.1) is 5.92 Å². The van der Waals surface area contributed by atoms with Crippen LogP contribution in [0.1, 0.15) is 62.8 Å². The Kier molecular flexibility index (Phi) is 6.85. The maximum Gasteiger partial charge on any atom is 0.0739 e. The van der Waals surface area contributed by atoms with Crippen molar-refractivity contribution in [1.82, 2.24) is 0 Å². The SMILES string of the molecule is C=CCCCC[C@H]1CC[C@H](c2ccc(N=C=S)cc2)CC1. The van der Waals surface area contributed by atoms with E-state index in [4.69, 9.17) is 0 Å². The number of thiocarbonyl (C=S) groups is 1. The fraction of sp³-hybridized carbons (Fsp3) is 0.526. The van der Waals surface area contributed by atoms with Gasteiger partial charge < -0.3 is 0 Å². The molecule has 0 heterocycles. The maximum absolute atomic E-state index is 4.63. The smallest absolute Gasteiger partial charge is 0.0739 e. The summed E-state index contributed by atoms with van der Waals surface area (Å²) in [4.78, 5) is 4.01. The second kappa shape index (κ2) is 8.92. The monoisotopic (exact) mass is 299 g/mol. The van der Waals surface area contributed by atoms with Crippen LogP contribution in [0.3, 0.4) is 0 Å². The van der Waals surface area contributed by atoms with Gasteiger partial charge in [0.05, 0.1) is 10.8 Å². The van der Waals surface area contributed by atoms with E-state index in [1.807, 2.05) is 6.08 Å². The first-order valence-electron chi connectivity index (χ1n) is 8.12. The molecule has 0 aromatic heterocycles. The van der Waals surface area contributed by atoms with E-state index in [0.717, 1.165) is 17.5 Å². The van der Waals surface area contributed by atoms with Crippen molar-refractivity contribution in [3.05, 3.63) is 42.5 Å². The predicted octanol–water partition coefficient (Wildman–Crippen LogP) is 6.44.